The first-order valence-corrected chi connectivity index (χ1v) is 5.50. The molecular formula is C11H8N2O3S. The fourth-order valence-electron chi connectivity index (χ4n) is 1.28. The maximum absolute atomic E-state index is 11.4. The number of hydrogen-bond acceptors (Lipinski definition) is 4. The summed E-state index contributed by atoms with van der Waals surface area (Å²) in [4.78, 5) is 21.6. The average Bonchev–Trinajstić information content (AvgIpc) is 2.70. The summed E-state index contributed by atoms with van der Waals surface area (Å²) in [5, 5.41) is 12.4. The standard InChI is InChI=1S/C11H8N2O3S/c14-9(5-6-10(15)16)12-11-7-3-1-2-4-8(7)13-17-11/h1-6H,(H,12,14)(H,15,16)/b6-5-. The molecule has 1 aromatic heterocycles. The third-order valence-corrected chi connectivity index (χ3v) is 2.79. The number of hydrogen-bond donors (Lipinski definition) is 2. The molecule has 6 heteroatoms. The predicted octanol–water partition coefficient (Wildman–Crippen LogP) is 1.88. The molecule has 5 nitrogen and oxygen atoms in total. The molecular weight excluding hydrogens is 240 g/mol. The maximum atomic E-state index is 11.4. The molecule has 0 unspecified atom stereocenters. The van der Waals surface area contributed by atoms with Gasteiger partial charge in [0.25, 0.3) is 0 Å². The van der Waals surface area contributed by atoms with Crippen molar-refractivity contribution in [1.82, 2.24) is 4.37 Å². The molecule has 0 saturated heterocycles. The van der Waals surface area contributed by atoms with Crippen LogP contribution in [0.1, 0.15) is 0 Å². The molecule has 0 aliphatic carbocycles. The minimum atomic E-state index is -1.16. The predicted molar refractivity (Wildman–Crippen MR) is 65.0 cm³/mol. The van der Waals surface area contributed by atoms with Crippen molar-refractivity contribution in [2.75, 3.05) is 5.32 Å². The van der Waals surface area contributed by atoms with Gasteiger partial charge >= 0.3 is 5.97 Å². The number of rotatable bonds is 3. The van der Waals surface area contributed by atoms with Crippen LogP contribution in [0.15, 0.2) is 36.4 Å². The van der Waals surface area contributed by atoms with E-state index in [1.165, 1.54) is 0 Å². The van der Waals surface area contributed by atoms with Gasteiger partial charge in [-0.25, -0.2) is 4.79 Å². The van der Waals surface area contributed by atoms with Gasteiger partial charge in [-0.1, -0.05) is 12.1 Å². The summed E-state index contributed by atoms with van der Waals surface area (Å²) in [5.74, 6) is -1.64. The number of carboxylic acids is 1. The molecule has 1 amide bonds. The lowest BCUT2D eigenvalue weighted by atomic mass is 10.2. The number of carbonyl (C=O) groups is 2. The van der Waals surface area contributed by atoms with Crippen molar-refractivity contribution in [2.45, 2.75) is 0 Å². The number of fused-ring (bicyclic) bond motifs is 1. The fraction of sp³-hybridized carbons (Fsp3) is 0. The zero-order valence-electron chi connectivity index (χ0n) is 8.58. The van der Waals surface area contributed by atoms with Gasteiger partial charge in [-0.3, -0.25) is 4.79 Å². The number of nitrogens with zero attached hydrogens (tertiary/aromatic N) is 1. The second-order valence-electron chi connectivity index (χ2n) is 3.19. The highest BCUT2D eigenvalue weighted by Gasteiger charge is 2.06. The molecule has 0 aliphatic heterocycles. The lowest BCUT2D eigenvalue weighted by Gasteiger charge is -1.97. The first kappa shape index (κ1) is 11.3. The Bertz CT molecular complexity index is 604. The number of anilines is 1. The first-order valence-electron chi connectivity index (χ1n) is 4.73. The Kier molecular flexibility index (Phi) is 3.15. The minimum absolute atomic E-state index is 0.484. The molecule has 2 N–H and O–H groups in total. The Morgan fingerprint density at radius 2 is 2.06 bits per heavy atom. The smallest absolute Gasteiger partial charge is 0.328 e. The van der Waals surface area contributed by atoms with Gasteiger partial charge in [-0.05, 0) is 23.7 Å². The van der Waals surface area contributed by atoms with Gasteiger partial charge in [0.05, 0.1) is 5.52 Å². The van der Waals surface area contributed by atoms with Crippen molar-refractivity contribution in [3.05, 3.63) is 36.4 Å². The van der Waals surface area contributed by atoms with E-state index in [0.29, 0.717) is 5.00 Å². The summed E-state index contributed by atoms with van der Waals surface area (Å²) in [7, 11) is 0. The second-order valence-corrected chi connectivity index (χ2v) is 3.96. The molecule has 0 aliphatic rings. The summed E-state index contributed by atoms with van der Waals surface area (Å²) < 4.78 is 4.15. The van der Waals surface area contributed by atoms with Crippen LogP contribution in [0.4, 0.5) is 5.00 Å². The number of amides is 1. The van der Waals surface area contributed by atoms with Crippen molar-refractivity contribution < 1.29 is 14.7 Å². The summed E-state index contributed by atoms with van der Waals surface area (Å²) >= 11 is 1.16. The first-order chi connectivity index (χ1) is 8.16. The topological polar surface area (TPSA) is 79.3 Å². The fourth-order valence-corrected chi connectivity index (χ4v) is 2.05. The van der Waals surface area contributed by atoms with Gasteiger partial charge in [0.2, 0.25) is 5.91 Å². The van der Waals surface area contributed by atoms with Crippen LogP contribution in [0.5, 0.6) is 0 Å². The molecule has 0 saturated carbocycles. The molecule has 2 aromatic rings. The molecule has 0 fully saturated rings. The zero-order chi connectivity index (χ0) is 12.3. The summed E-state index contributed by atoms with van der Waals surface area (Å²) in [5.41, 5.74) is 0.801. The van der Waals surface area contributed by atoms with Crippen molar-refractivity contribution in [3.63, 3.8) is 0 Å². The lowest BCUT2D eigenvalue weighted by Crippen LogP contribution is -2.07. The molecule has 86 valence electrons. The highest BCUT2D eigenvalue weighted by molar-refractivity contribution is 7.12. The van der Waals surface area contributed by atoms with Crippen molar-refractivity contribution in [3.8, 4) is 0 Å². The van der Waals surface area contributed by atoms with Gasteiger partial charge in [0.15, 0.2) is 0 Å². The van der Waals surface area contributed by atoms with Gasteiger partial charge in [0, 0.05) is 17.5 Å². The quantitative estimate of drug-likeness (QED) is 0.813. The van der Waals surface area contributed by atoms with E-state index in [-0.39, 0.29) is 0 Å². The number of aromatic nitrogens is 1. The second kappa shape index (κ2) is 4.75. The van der Waals surface area contributed by atoms with E-state index in [0.717, 1.165) is 34.6 Å². The van der Waals surface area contributed by atoms with Gasteiger partial charge in [0.1, 0.15) is 5.00 Å². The van der Waals surface area contributed by atoms with Gasteiger partial charge in [-0.2, -0.15) is 4.37 Å². The van der Waals surface area contributed by atoms with Crippen LogP contribution in [0.25, 0.3) is 10.9 Å². The number of carbonyl (C=O) groups excluding carboxylic acids is 1. The highest BCUT2D eigenvalue weighted by Crippen LogP contribution is 2.26. The van der Waals surface area contributed by atoms with Gasteiger partial charge in [-0.15, -0.1) is 0 Å². The molecule has 17 heavy (non-hydrogen) atoms. The van der Waals surface area contributed by atoms with E-state index >= 15 is 0 Å². The number of benzene rings is 1. The Morgan fingerprint density at radius 3 is 2.82 bits per heavy atom. The van der Waals surface area contributed by atoms with E-state index in [1.54, 1.807) is 0 Å². The number of nitrogens with one attached hydrogen (secondary N) is 1. The Balaban J connectivity index is 2.19. The maximum Gasteiger partial charge on any atom is 0.328 e. The van der Waals surface area contributed by atoms with Crippen molar-refractivity contribution in [1.29, 1.82) is 0 Å². The third-order valence-electron chi connectivity index (χ3n) is 2.00. The summed E-state index contributed by atoms with van der Waals surface area (Å²) in [6.45, 7) is 0. The molecule has 0 spiro atoms. The van der Waals surface area contributed by atoms with Crippen LogP contribution < -0.4 is 5.32 Å². The van der Waals surface area contributed by atoms with Crippen LogP contribution in [-0.4, -0.2) is 21.4 Å². The average molecular weight is 248 g/mol. The molecule has 1 aromatic carbocycles. The molecule has 1 heterocycles. The van der Waals surface area contributed by atoms with E-state index in [1.807, 2.05) is 24.3 Å². The molecule has 0 radical (unpaired) electrons. The number of carboxylic acid groups (broad SMARTS) is 1. The largest absolute Gasteiger partial charge is 0.478 e. The van der Waals surface area contributed by atoms with Crippen LogP contribution in [0.2, 0.25) is 0 Å². The Hall–Kier alpha value is -2.21. The molecule has 0 bridgehead atoms. The SMILES string of the molecule is O=C(O)/C=C\C(=O)Nc1snc2ccccc12. The Labute approximate surface area is 101 Å². The van der Waals surface area contributed by atoms with Crippen LogP contribution in [0, 0.1) is 0 Å². The van der Waals surface area contributed by atoms with E-state index in [9.17, 15) is 9.59 Å². The Morgan fingerprint density at radius 1 is 1.29 bits per heavy atom. The van der Waals surface area contributed by atoms with E-state index in [4.69, 9.17) is 5.11 Å². The lowest BCUT2D eigenvalue weighted by molar-refractivity contribution is -0.131. The van der Waals surface area contributed by atoms with Crippen LogP contribution in [0.3, 0.4) is 0 Å². The summed E-state index contributed by atoms with van der Waals surface area (Å²) in [6, 6.07) is 7.39. The monoisotopic (exact) mass is 248 g/mol. The normalized spacial score (nSPS) is 10.8. The van der Waals surface area contributed by atoms with E-state index < -0.39 is 11.9 Å². The van der Waals surface area contributed by atoms with Crippen molar-refractivity contribution in [2.24, 2.45) is 0 Å². The summed E-state index contributed by atoms with van der Waals surface area (Å²) in [6.07, 6.45) is 1.76. The third kappa shape index (κ3) is 2.67. The van der Waals surface area contributed by atoms with Crippen LogP contribution in [-0.2, 0) is 9.59 Å². The molecule has 2 rings (SSSR count). The highest BCUT2D eigenvalue weighted by atomic mass is 32.1. The van der Waals surface area contributed by atoms with Crippen LogP contribution >= 0.6 is 11.5 Å². The molecule has 0 atom stereocenters. The minimum Gasteiger partial charge on any atom is -0.478 e. The van der Waals surface area contributed by atoms with E-state index in [2.05, 4.69) is 9.69 Å². The van der Waals surface area contributed by atoms with Gasteiger partial charge < -0.3 is 10.4 Å². The van der Waals surface area contributed by atoms with Crippen molar-refractivity contribution >= 4 is 39.3 Å². The number of aliphatic carboxylic acids is 1. The zero-order valence-corrected chi connectivity index (χ0v) is 9.40.